The Labute approximate surface area is 245 Å². The quantitative estimate of drug-likeness (QED) is 0.233. The van der Waals surface area contributed by atoms with Gasteiger partial charge < -0.3 is 30.5 Å². The first-order valence-corrected chi connectivity index (χ1v) is 13.9. The zero-order valence-corrected chi connectivity index (χ0v) is 23.6. The number of urea groups is 1. The molecular formula is C33H34FN5O3. The topological polar surface area (TPSA) is 85.9 Å². The Balaban J connectivity index is 1.36. The molecule has 3 N–H and O–H groups in total. The molecule has 1 aliphatic rings. The van der Waals surface area contributed by atoms with E-state index in [1.807, 2.05) is 67.6 Å². The molecule has 0 spiro atoms. The Morgan fingerprint density at radius 1 is 0.762 bits per heavy atom. The monoisotopic (exact) mass is 567 g/mol. The molecule has 4 aromatic carbocycles. The van der Waals surface area contributed by atoms with Crippen LogP contribution in [0.2, 0.25) is 0 Å². The number of methoxy groups -OCH3 is 1. The van der Waals surface area contributed by atoms with Gasteiger partial charge in [-0.05, 0) is 61.0 Å². The van der Waals surface area contributed by atoms with Gasteiger partial charge >= 0.3 is 6.03 Å². The predicted octanol–water partition coefficient (Wildman–Crippen LogP) is 6.30. The summed E-state index contributed by atoms with van der Waals surface area (Å²) in [5, 5.41) is 8.50. The highest BCUT2D eigenvalue weighted by Gasteiger charge is 2.24. The molecule has 4 aromatic rings. The van der Waals surface area contributed by atoms with Crippen molar-refractivity contribution in [2.24, 2.45) is 0 Å². The van der Waals surface area contributed by atoms with Gasteiger partial charge in [0.1, 0.15) is 11.6 Å². The number of nitrogens with zero attached hydrogens (tertiary/aromatic N) is 2. The van der Waals surface area contributed by atoms with Gasteiger partial charge in [0.15, 0.2) is 0 Å². The Morgan fingerprint density at radius 2 is 1.40 bits per heavy atom. The molecule has 1 atom stereocenters. The van der Waals surface area contributed by atoms with E-state index in [2.05, 4.69) is 25.8 Å². The Kier molecular flexibility index (Phi) is 8.87. The lowest BCUT2D eigenvalue weighted by molar-refractivity contribution is 0.0940. The van der Waals surface area contributed by atoms with Crippen molar-refractivity contribution >= 4 is 34.7 Å². The van der Waals surface area contributed by atoms with Crippen LogP contribution in [0.5, 0.6) is 5.75 Å². The number of rotatable bonds is 8. The van der Waals surface area contributed by atoms with Crippen LogP contribution in [0.25, 0.3) is 0 Å². The van der Waals surface area contributed by atoms with Crippen LogP contribution in [0.15, 0.2) is 97.1 Å². The molecule has 0 radical (unpaired) electrons. The van der Waals surface area contributed by atoms with Crippen LogP contribution in [0, 0.1) is 5.82 Å². The fraction of sp³-hybridized carbons (Fsp3) is 0.212. The van der Waals surface area contributed by atoms with Crippen LogP contribution < -0.4 is 30.5 Å². The van der Waals surface area contributed by atoms with Gasteiger partial charge in [-0.2, -0.15) is 0 Å². The van der Waals surface area contributed by atoms with Crippen molar-refractivity contribution in [1.82, 2.24) is 5.32 Å². The third kappa shape index (κ3) is 6.80. The number of amides is 3. The van der Waals surface area contributed by atoms with Gasteiger partial charge in [0, 0.05) is 43.2 Å². The maximum atomic E-state index is 13.7. The molecule has 0 bridgehead atoms. The second-order valence-electron chi connectivity index (χ2n) is 10.1. The number of nitrogens with one attached hydrogen (secondary N) is 3. The van der Waals surface area contributed by atoms with Crippen molar-refractivity contribution in [1.29, 1.82) is 0 Å². The second-order valence-corrected chi connectivity index (χ2v) is 10.1. The van der Waals surface area contributed by atoms with Crippen LogP contribution in [0.4, 0.5) is 31.9 Å². The number of para-hydroxylation sites is 2. The lowest BCUT2D eigenvalue weighted by atomic mass is 10.1. The molecule has 1 fully saturated rings. The van der Waals surface area contributed by atoms with Gasteiger partial charge in [0.2, 0.25) is 0 Å². The third-order valence-electron chi connectivity index (χ3n) is 7.27. The van der Waals surface area contributed by atoms with Crippen molar-refractivity contribution < 1.29 is 18.7 Å². The number of benzene rings is 4. The molecule has 42 heavy (non-hydrogen) atoms. The number of ether oxygens (including phenoxy) is 1. The van der Waals surface area contributed by atoms with E-state index in [9.17, 15) is 14.0 Å². The Morgan fingerprint density at radius 3 is 2.10 bits per heavy atom. The Bertz CT molecular complexity index is 1540. The van der Waals surface area contributed by atoms with Crippen LogP contribution >= 0.6 is 0 Å². The molecule has 1 saturated heterocycles. The maximum absolute atomic E-state index is 13.7. The number of hydrogen-bond acceptors (Lipinski definition) is 5. The second kappa shape index (κ2) is 13.1. The number of halogens is 1. The summed E-state index contributed by atoms with van der Waals surface area (Å²) in [6.07, 6.45) is 0. The minimum atomic E-state index is -0.539. The molecule has 0 aromatic heterocycles. The predicted molar refractivity (Wildman–Crippen MR) is 165 cm³/mol. The minimum absolute atomic E-state index is 0.221. The first kappa shape index (κ1) is 28.5. The summed E-state index contributed by atoms with van der Waals surface area (Å²) in [4.78, 5) is 30.8. The number of hydrogen-bond donors (Lipinski definition) is 3. The first-order valence-electron chi connectivity index (χ1n) is 13.9. The van der Waals surface area contributed by atoms with E-state index < -0.39 is 11.8 Å². The smallest absolute Gasteiger partial charge is 0.323 e. The summed E-state index contributed by atoms with van der Waals surface area (Å²) in [6, 6.07) is 27.9. The summed E-state index contributed by atoms with van der Waals surface area (Å²) in [5.74, 6) is 0.130. The normalized spacial score (nSPS) is 13.7. The van der Waals surface area contributed by atoms with Gasteiger partial charge in [-0.25, -0.2) is 9.18 Å². The molecule has 3 amide bonds. The van der Waals surface area contributed by atoms with Crippen LogP contribution in [0.1, 0.15) is 28.9 Å². The Hall–Kier alpha value is -5.05. The number of anilines is 4. The zero-order chi connectivity index (χ0) is 29.5. The van der Waals surface area contributed by atoms with Gasteiger partial charge in [-0.3, -0.25) is 4.79 Å². The largest absolute Gasteiger partial charge is 0.495 e. The average molecular weight is 568 g/mol. The summed E-state index contributed by atoms with van der Waals surface area (Å²) < 4.78 is 19.1. The van der Waals surface area contributed by atoms with Crippen molar-refractivity contribution in [3.8, 4) is 5.75 Å². The molecule has 8 nitrogen and oxygen atoms in total. The van der Waals surface area contributed by atoms with Crippen molar-refractivity contribution in [3.63, 3.8) is 0 Å². The SMILES string of the molecule is COc1ccccc1N1CCN(c2ccc(NC(=O)Nc3cccc(F)c3)cc2C(=O)NC(C)c2ccccc2)CC1. The fourth-order valence-corrected chi connectivity index (χ4v) is 5.11. The van der Waals surface area contributed by atoms with E-state index in [-0.39, 0.29) is 11.9 Å². The van der Waals surface area contributed by atoms with Crippen molar-refractivity contribution in [2.75, 3.05) is 53.7 Å². The minimum Gasteiger partial charge on any atom is -0.495 e. The molecule has 216 valence electrons. The molecule has 5 rings (SSSR count). The molecule has 9 heteroatoms. The fourth-order valence-electron chi connectivity index (χ4n) is 5.11. The van der Waals surface area contributed by atoms with Crippen molar-refractivity contribution in [2.45, 2.75) is 13.0 Å². The van der Waals surface area contributed by atoms with Crippen molar-refractivity contribution in [3.05, 3.63) is 114 Å². The van der Waals surface area contributed by atoms with E-state index in [4.69, 9.17) is 4.74 Å². The van der Waals surface area contributed by atoms with Crippen LogP contribution in [0.3, 0.4) is 0 Å². The molecular weight excluding hydrogens is 533 g/mol. The molecule has 0 aliphatic carbocycles. The van der Waals surface area contributed by atoms with Gasteiger partial charge in [-0.15, -0.1) is 0 Å². The highest BCUT2D eigenvalue weighted by atomic mass is 19.1. The van der Waals surface area contributed by atoms with E-state index >= 15 is 0 Å². The van der Waals surface area contributed by atoms with Gasteiger partial charge in [-0.1, -0.05) is 48.5 Å². The van der Waals surface area contributed by atoms with E-state index in [1.54, 1.807) is 25.3 Å². The van der Waals surface area contributed by atoms with E-state index in [0.29, 0.717) is 30.0 Å². The molecule has 1 heterocycles. The number of piperazine rings is 1. The number of carbonyl (C=O) groups excluding carboxylic acids is 2. The third-order valence-corrected chi connectivity index (χ3v) is 7.27. The highest BCUT2D eigenvalue weighted by molar-refractivity contribution is 6.04. The lowest BCUT2D eigenvalue weighted by Gasteiger charge is -2.38. The van der Waals surface area contributed by atoms with E-state index in [1.165, 1.54) is 18.2 Å². The van der Waals surface area contributed by atoms with Gasteiger partial charge in [0.05, 0.1) is 24.4 Å². The molecule has 0 saturated carbocycles. The van der Waals surface area contributed by atoms with Crippen LogP contribution in [-0.2, 0) is 0 Å². The zero-order valence-electron chi connectivity index (χ0n) is 23.6. The summed E-state index contributed by atoms with van der Waals surface area (Å²) in [7, 11) is 1.67. The standard InChI is InChI=1S/C33H34FN5O3/c1-23(24-9-4-3-5-10-24)35-32(40)28-22-27(37-33(41)36-26-12-8-11-25(34)21-26)15-16-29(28)38-17-19-39(20-18-38)30-13-6-7-14-31(30)42-2/h3-16,21-23H,17-20H2,1-2H3,(H,35,40)(H2,36,37,41). The maximum Gasteiger partial charge on any atom is 0.323 e. The first-order chi connectivity index (χ1) is 20.4. The number of carbonyl (C=O) groups is 2. The molecule has 1 aliphatic heterocycles. The summed E-state index contributed by atoms with van der Waals surface area (Å²) in [5.41, 5.74) is 4.03. The average Bonchev–Trinajstić information content (AvgIpc) is 3.01. The summed E-state index contributed by atoms with van der Waals surface area (Å²) in [6.45, 7) is 4.82. The highest BCUT2D eigenvalue weighted by Crippen LogP contribution is 2.31. The molecule has 1 unspecified atom stereocenters. The lowest BCUT2D eigenvalue weighted by Crippen LogP contribution is -2.47. The summed E-state index contributed by atoms with van der Waals surface area (Å²) >= 11 is 0. The van der Waals surface area contributed by atoms with E-state index in [0.717, 1.165) is 35.8 Å². The van der Waals surface area contributed by atoms with Gasteiger partial charge in [0.25, 0.3) is 5.91 Å². The van der Waals surface area contributed by atoms with Crippen LogP contribution in [-0.4, -0.2) is 45.2 Å².